The molecule has 0 bridgehead atoms. The number of rotatable bonds is 5. The average Bonchev–Trinajstić information content (AvgIpc) is 2.73. The molecule has 2 aromatic carbocycles. The second-order valence-electron chi connectivity index (χ2n) is 6.73. The molecule has 7 nitrogen and oxygen atoms in total. The first-order valence-electron chi connectivity index (χ1n) is 9.18. The molecule has 2 heterocycles. The highest BCUT2D eigenvalue weighted by Gasteiger charge is 2.24. The molecule has 2 aliphatic rings. The molecule has 0 atom stereocenters. The SMILES string of the molecule is O=C(NCc1ccc(Oc2ccc(F)cc2)cc1)C1=CN2CCS(=O)(=O)N=C2C=C1. The van der Waals surface area contributed by atoms with Gasteiger partial charge in [0.1, 0.15) is 23.2 Å². The average molecular weight is 427 g/mol. The molecule has 0 saturated heterocycles. The Morgan fingerprint density at radius 2 is 1.73 bits per heavy atom. The lowest BCUT2D eigenvalue weighted by molar-refractivity contribution is -0.117. The quantitative estimate of drug-likeness (QED) is 0.793. The van der Waals surface area contributed by atoms with E-state index in [0.717, 1.165) is 5.56 Å². The van der Waals surface area contributed by atoms with Gasteiger partial charge in [0.15, 0.2) is 0 Å². The van der Waals surface area contributed by atoms with E-state index in [9.17, 15) is 17.6 Å². The third-order valence-corrected chi connectivity index (χ3v) is 5.68. The van der Waals surface area contributed by atoms with Gasteiger partial charge in [0.2, 0.25) is 0 Å². The lowest BCUT2D eigenvalue weighted by Crippen LogP contribution is -2.38. The predicted octanol–water partition coefficient (Wildman–Crippen LogP) is 2.73. The van der Waals surface area contributed by atoms with Gasteiger partial charge in [-0.1, -0.05) is 12.1 Å². The molecule has 0 radical (unpaired) electrons. The molecule has 0 unspecified atom stereocenters. The van der Waals surface area contributed by atoms with Gasteiger partial charge in [0.05, 0.1) is 11.3 Å². The largest absolute Gasteiger partial charge is 0.457 e. The van der Waals surface area contributed by atoms with E-state index >= 15 is 0 Å². The van der Waals surface area contributed by atoms with Crippen molar-refractivity contribution in [2.24, 2.45) is 4.40 Å². The standard InChI is InChI=1S/C21H18FN3O4S/c22-17-4-8-19(9-5-17)29-18-6-1-15(2-7-18)13-23-21(26)16-3-10-20-24-30(27,28)12-11-25(20)14-16/h1-10,14H,11-13H2,(H,23,26). The molecule has 0 fully saturated rings. The third-order valence-electron chi connectivity index (χ3n) is 4.51. The van der Waals surface area contributed by atoms with Crippen LogP contribution in [0.1, 0.15) is 5.56 Å². The van der Waals surface area contributed by atoms with Crippen molar-refractivity contribution in [3.05, 3.63) is 83.8 Å². The Balaban J connectivity index is 1.34. The number of ether oxygens (including phenoxy) is 1. The summed E-state index contributed by atoms with van der Waals surface area (Å²) < 4.78 is 45.4. The molecule has 30 heavy (non-hydrogen) atoms. The minimum atomic E-state index is -3.42. The fourth-order valence-electron chi connectivity index (χ4n) is 2.93. The van der Waals surface area contributed by atoms with Crippen LogP contribution < -0.4 is 10.1 Å². The molecule has 4 rings (SSSR count). The monoisotopic (exact) mass is 427 g/mol. The van der Waals surface area contributed by atoms with Gasteiger partial charge in [-0.05, 0) is 54.1 Å². The number of hydrogen-bond acceptors (Lipinski definition) is 5. The van der Waals surface area contributed by atoms with E-state index in [-0.39, 0.29) is 24.0 Å². The molecule has 0 aromatic heterocycles. The normalized spacial score (nSPS) is 16.9. The van der Waals surface area contributed by atoms with E-state index < -0.39 is 10.0 Å². The maximum Gasteiger partial charge on any atom is 0.256 e. The summed E-state index contributed by atoms with van der Waals surface area (Å²) in [5, 5.41) is 2.83. The van der Waals surface area contributed by atoms with Crippen LogP contribution in [0.15, 0.2) is 76.9 Å². The number of amidine groups is 1. The smallest absolute Gasteiger partial charge is 0.256 e. The van der Waals surface area contributed by atoms with Gasteiger partial charge in [-0.3, -0.25) is 4.79 Å². The number of amides is 1. The molecule has 1 amide bonds. The van der Waals surface area contributed by atoms with Gasteiger partial charge < -0.3 is 15.0 Å². The number of nitrogens with zero attached hydrogens (tertiary/aromatic N) is 2. The molecule has 0 aliphatic carbocycles. The number of halogens is 1. The van der Waals surface area contributed by atoms with E-state index in [2.05, 4.69) is 9.71 Å². The maximum absolute atomic E-state index is 12.9. The van der Waals surface area contributed by atoms with E-state index in [1.54, 1.807) is 41.4 Å². The summed E-state index contributed by atoms with van der Waals surface area (Å²) in [7, 11) is -3.42. The Hall–Kier alpha value is -3.46. The number of fused-ring (bicyclic) bond motifs is 1. The van der Waals surface area contributed by atoms with Crippen molar-refractivity contribution in [3.63, 3.8) is 0 Å². The fraction of sp³-hybridized carbons (Fsp3) is 0.143. The Bertz CT molecular complexity index is 1150. The van der Waals surface area contributed by atoms with Gasteiger partial charge in [-0.15, -0.1) is 4.40 Å². The van der Waals surface area contributed by atoms with Crippen LogP contribution in [0.4, 0.5) is 4.39 Å². The van der Waals surface area contributed by atoms with Crippen molar-refractivity contribution in [2.45, 2.75) is 6.54 Å². The zero-order valence-electron chi connectivity index (χ0n) is 15.8. The number of carbonyl (C=O) groups is 1. The number of benzene rings is 2. The Morgan fingerprint density at radius 1 is 1.07 bits per heavy atom. The maximum atomic E-state index is 12.9. The van der Waals surface area contributed by atoms with Crippen molar-refractivity contribution in [3.8, 4) is 11.5 Å². The molecule has 0 spiro atoms. The summed E-state index contributed by atoms with van der Waals surface area (Å²) in [4.78, 5) is 14.1. The number of hydrogen-bond donors (Lipinski definition) is 1. The number of nitrogens with one attached hydrogen (secondary N) is 1. The van der Waals surface area contributed by atoms with Crippen LogP contribution in [0.5, 0.6) is 11.5 Å². The predicted molar refractivity (Wildman–Crippen MR) is 110 cm³/mol. The van der Waals surface area contributed by atoms with Gasteiger partial charge in [-0.2, -0.15) is 0 Å². The highest BCUT2D eigenvalue weighted by atomic mass is 32.2. The Kier molecular flexibility index (Phi) is 5.37. The molecule has 154 valence electrons. The van der Waals surface area contributed by atoms with Crippen LogP contribution >= 0.6 is 0 Å². The highest BCUT2D eigenvalue weighted by molar-refractivity contribution is 7.90. The first kappa shape index (κ1) is 19.8. The van der Waals surface area contributed by atoms with Crippen LogP contribution in [-0.2, 0) is 21.4 Å². The van der Waals surface area contributed by atoms with E-state index in [0.29, 0.717) is 29.5 Å². The van der Waals surface area contributed by atoms with Crippen LogP contribution in [-0.4, -0.2) is 37.4 Å². The molecule has 1 N–H and O–H groups in total. The molecule has 2 aromatic rings. The van der Waals surface area contributed by atoms with Crippen LogP contribution in [0.25, 0.3) is 0 Å². The highest BCUT2D eigenvalue weighted by Crippen LogP contribution is 2.22. The summed E-state index contributed by atoms with van der Waals surface area (Å²) in [5.41, 5.74) is 1.30. The fourth-order valence-corrected chi connectivity index (χ4v) is 3.90. The molecule has 2 aliphatic heterocycles. The van der Waals surface area contributed by atoms with Gasteiger partial charge in [0.25, 0.3) is 15.9 Å². The van der Waals surface area contributed by atoms with Crippen molar-refractivity contribution >= 4 is 21.8 Å². The minimum absolute atomic E-state index is 0.0813. The lowest BCUT2D eigenvalue weighted by atomic mass is 10.1. The molecular formula is C21H18FN3O4S. The van der Waals surface area contributed by atoms with Crippen molar-refractivity contribution < 1.29 is 22.3 Å². The summed E-state index contributed by atoms with van der Waals surface area (Å²) in [5.74, 6) is 0.760. The van der Waals surface area contributed by atoms with Gasteiger partial charge >= 0.3 is 0 Å². The van der Waals surface area contributed by atoms with Crippen LogP contribution in [0.2, 0.25) is 0 Å². The van der Waals surface area contributed by atoms with Gasteiger partial charge in [0, 0.05) is 19.3 Å². The topological polar surface area (TPSA) is 88.1 Å². The second kappa shape index (κ2) is 8.11. The van der Waals surface area contributed by atoms with Crippen molar-refractivity contribution in [2.75, 3.05) is 12.3 Å². The van der Waals surface area contributed by atoms with E-state index in [1.165, 1.54) is 18.2 Å². The van der Waals surface area contributed by atoms with Gasteiger partial charge in [-0.25, -0.2) is 12.8 Å². The summed E-state index contributed by atoms with van der Waals surface area (Å²) in [6.45, 7) is 0.577. The first-order valence-corrected chi connectivity index (χ1v) is 10.8. The molecular weight excluding hydrogens is 409 g/mol. The zero-order valence-corrected chi connectivity index (χ0v) is 16.6. The lowest BCUT2D eigenvalue weighted by Gasteiger charge is -2.26. The Morgan fingerprint density at radius 3 is 2.43 bits per heavy atom. The first-order chi connectivity index (χ1) is 14.4. The Labute approximate surface area is 173 Å². The second-order valence-corrected chi connectivity index (χ2v) is 8.48. The van der Waals surface area contributed by atoms with Crippen molar-refractivity contribution in [1.82, 2.24) is 10.2 Å². The number of sulfonamides is 1. The van der Waals surface area contributed by atoms with E-state index in [4.69, 9.17) is 4.74 Å². The third kappa shape index (κ3) is 4.74. The van der Waals surface area contributed by atoms with E-state index in [1.807, 2.05) is 12.1 Å². The molecule has 0 saturated carbocycles. The van der Waals surface area contributed by atoms with Crippen LogP contribution in [0.3, 0.4) is 0 Å². The number of carbonyl (C=O) groups excluding carboxylic acids is 1. The zero-order chi connectivity index (χ0) is 21.1. The summed E-state index contributed by atoms with van der Waals surface area (Å²) in [6, 6.07) is 12.9. The molecule has 9 heteroatoms. The van der Waals surface area contributed by atoms with Crippen molar-refractivity contribution in [1.29, 1.82) is 0 Å². The van der Waals surface area contributed by atoms with Crippen LogP contribution in [0, 0.1) is 5.82 Å². The minimum Gasteiger partial charge on any atom is -0.457 e. The summed E-state index contributed by atoms with van der Waals surface area (Å²) >= 11 is 0. The summed E-state index contributed by atoms with van der Waals surface area (Å²) in [6.07, 6.45) is 4.67.